The summed E-state index contributed by atoms with van der Waals surface area (Å²) < 4.78 is 4.59. The maximum atomic E-state index is 10.8. The second-order valence-corrected chi connectivity index (χ2v) is 3.24. The summed E-state index contributed by atoms with van der Waals surface area (Å²) in [5.74, 6) is -0.732. The summed E-state index contributed by atoms with van der Waals surface area (Å²) in [6, 6.07) is 5.38. The molecule has 0 radical (unpaired) electrons. The van der Waals surface area contributed by atoms with Crippen molar-refractivity contribution in [2.75, 3.05) is 0 Å². The van der Waals surface area contributed by atoms with Crippen LogP contribution < -0.4 is 10.1 Å². The fourth-order valence-electron chi connectivity index (χ4n) is 1.30. The van der Waals surface area contributed by atoms with E-state index in [0.29, 0.717) is 24.2 Å². The number of carboxylic acid groups (broad SMARTS) is 1. The third-order valence-corrected chi connectivity index (χ3v) is 2.11. The maximum Gasteiger partial charge on any atom is 0.326 e. The molecule has 0 heterocycles. The van der Waals surface area contributed by atoms with Crippen molar-refractivity contribution < 1.29 is 24.2 Å². The predicted molar refractivity (Wildman–Crippen MR) is 57.5 cm³/mol. The molecule has 90 valence electrons. The van der Waals surface area contributed by atoms with Crippen LogP contribution in [0.5, 0.6) is 5.75 Å². The van der Waals surface area contributed by atoms with E-state index in [-0.39, 0.29) is 6.42 Å². The van der Waals surface area contributed by atoms with Crippen LogP contribution in [0.15, 0.2) is 24.3 Å². The first kappa shape index (κ1) is 12.7. The quantitative estimate of drug-likeness (QED) is 0.649. The van der Waals surface area contributed by atoms with Crippen LogP contribution in [0.3, 0.4) is 0 Å². The lowest BCUT2D eigenvalue weighted by atomic mass is 10.1. The van der Waals surface area contributed by atoms with E-state index in [1.165, 1.54) is 0 Å². The molecule has 0 unspecified atom stereocenters. The largest absolute Gasteiger partial charge is 0.480 e. The molecular weight excluding hydrogens is 226 g/mol. The average Bonchev–Trinajstić information content (AvgIpc) is 2.31. The van der Waals surface area contributed by atoms with Crippen molar-refractivity contribution in [1.82, 2.24) is 5.32 Å². The molecule has 0 aromatic heterocycles. The van der Waals surface area contributed by atoms with Crippen LogP contribution in [0.2, 0.25) is 0 Å². The van der Waals surface area contributed by atoms with Crippen LogP contribution in [-0.2, 0) is 20.8 Å². The third-order valence-electron chi connectivity index (χ3n) is 2.11. The zero-order valence-corrected chi connectivity index (χ0v) is 8.83. The Balaban J connectivity index is 2.69. The average molecular weight is 237 g/mol. The Morgan fingerprint density at radius 2 is 2.00 bits per heavy atom. The van der Waals surface area contributed by atoms with Crippen LogP contribution in [0.4, 0.5) is 0 Å². The summed E-state index contributed by atoms with van der Waals surface area (Å²) in [5, 5.41) is 11.0. The molecule has 0 fully saturated rings. The smallest absolute Gasteiger partial charge is 0.326 e. The molecule has 1 amide bonds. The van der Waals surface area contributed by atoms with Gasteiger partial charge in [-0.05, 0) is 17.7 Å². The van der Waals surface area contributed by atoms with Crippen molar-refractivity contribution >= 4 is 18.9 Å². The van der Waals surface area contributed by atoms with Gasteiger partial charge in [0.1, 0.15) is 11.8 Å². The minimum Gasteiger partial charge on any atom is -0.480 e. The lowest BCUT2D eigenvalue weighted by molar-refractivity contribution is -0.140. The van der Waals surface area contributed by atoms with E-state index in [1.807, 2.05) is 0 Å². The first-order valence-corrected chi connectivity index (χ1v) is 4.79. The van der Waals surface area contributed by atoms with Gasteiger partial charge in [0.15, 0.2) is 0 Å². The number of aliphatic carboxylic acids is 1. The van der Waals surface area contributed by atoms with Crippen molar-refractivity contribution in [2.45, 2.75) is 12.5 Å². The topological polar surface area (TPSA) is 92.7 Å². The van der Waals surface area contributed by atoms with Gasteiger partial charge in [-0.2, -0.15) is 0 Å². The van der Waals surface area contributed by atoms with E-state index in [1.54, 1.807) is 24.3 Å². The summed E-state index contributed by atoms with van der Waals surface area (Å²) in [5.41, 5.74) is 0.713. The van der Waals surface area contributed by atoms with Crippen LogP contribution in [0, 0.1) is 0 Å². The molecule has 0 saturated carbocycles. The molecule has 6 heteroatoms. The molecule has 0 spiro atoms. The number of carbonyl (C=O) groups is 3. The highest BCUT2D eigenvalue weighted by atomic mass is 16.5. The number of hydrogen-bond acceptors (Lipinski definition) is 4. The van der Waals surface area contributed by atoms with Gasteiger partial charge in [-0.25, -0.2) is 4.79 Å². The van der Waals surface area contributed by atoms with E-state index >= 15 is 0 Å². The van der Waals surface area contributed by atoms with Crippen molar-refractivity contribution in [3.63, 3.8) is 0 Å². The Morgan fingerprint density at radius 3 is 2.47 bits per heavy atom. The highest BCUT2D eigenvalue weighted by molar-refractivity contribution is 5.76. The van der Waals surface area contributed by atoms with E-state index in [2.05, 4.69) is 10.1 Å². The van der Waals surface area contributed by atoms with Crippen molar-refractivity contribution in [3.05, 3.63) is 29.8 Å². The molecule has 2 N–H and O–H groups in total. The summed E-state index contributed by atoms with van der Waals surface area (Å²) in [4.78, 5) is 31.0. The molecule has 17 heavy (non-hydrogen) atoms. The van der Waals surface area contributed by atoms with Crippen LogP contribution in [0.25, 0.3) is 0 Å². The zero-order valence-electron chi connectivity index (χ0n) is 8.83. The number of carboxylic acids is 1. The van der Waals surface area contributed by atoms with Crippen LogP contribution in [0.1, 0.15) is 5.56 Å². The number of ether oxygens (including phenoxy) is 1. The molecule has 1 aromatic rings. The monoisotopic (exact) mass is 237 g/mol. The first-order valence-electron chi connectivity index (χ1n) is 4.79. The Hall–Kier alpha value is -2.37. The SMILES string of the molecule is O=CN[C@@H](Cc1ccc(OC=O)cc1)C(=O)O. The molecule has 0 saturated heterocycles. The van der Waals surface area contributed by atoms with E-state index in [4.69, 9.17) is 5.11 Å². The van der Waals surface area contributed by atoms with Gasteiger partial charge >= 0.3 is 5.97 Å². The summed E-state index contributed by atoms with van der Waals surface area (Å²) in [7, 11) is 0. The molecular formula is C11H11NO5. The summed E-state index contributed by atoms with van der Waals surface area (Å²) in [6.07, 6.45) is 0.512. The number of benzene rings is 1. The highest BCUT2D eigenvalue weighted by Gasteiger charge is 2.16. The van der Waals surface area contributed by atoms with Crippen molar-refractivity contribution in [1.29, 1.82) is 0 Å². The van der Waals surface area contributed by atoms with Gasteiger partial charge in [-0.1, -0.05) is 12.1 Å². The molecule has 0 aliphatic heterocycles. The fraction of sp³-hybridized carbons (Fsp3) is 0.182. The third kappa shape index (κ3) is 3.94. The molecule has 1 rings (SSSR count). The van der Waals surface area contributed by atoms with Gasteiger partial charge in [-0.15, -0.1) is 0 Å². The van der Waals surface area contributed by atoms with E-state index < -0.39 is 12.0 Å². The van der Waals surface area contributed by atoms with E-state index in [0.717, 1.165) is 0 Å². The standard InChI is InChI=1S/C11H11NO5/c13-6-12-10(11(15)16)5-8-1-3-9(4-2-8)17-7-14/h1-4,6-7,10H,5H2,(H,12,13)(H,15,16)/t10-/m0/s1. The molecule has 0 bridgehead atoms. The van der Waals surface area contributed by atoms with Gasteiger partial charge in [0.25, 0.3) is 6.47 Å². The van der Waals surface area contributed by atoms with E-state index in [9.17, 15) is 14.4 Å². The van der Waals surface area contributed by atoms with Crippen LogP contribution >= 0.6 is 0 Å². The number of carbonyl (C=O) groups excluding carboxylic acids is 2. The lowest BCUT2D eigenvalue weighted by Crippen LogP contribution is -2.37. The fourth-order valence-corrected chi connectivity index (χ4v) is 1.30. The number of amides is 1. The summed E-state index contributed by atoms with van der Waals surface area (Å²) >= 11 is 0. The Morgan fingerprint density at radius 1 is 1.35 bits per heavy atom. The molecule has 1 atom stereocenters. The molecule has 0 aliphatic carbocycles. The number of hydrogen-bond donors (Lipinski definition) is 2. The molecule has 0 aliphatic rings. The van der Waals surface area contributed by atoms with Crippen molar-refractivity contribution in [3.8, 4) is 5.75 Å². The van der Waals surface area contributed by atoms with Gasteiger partial charge < -0.3 is 15.2 Å². The Bertz CT molecular complexity index is 401. The predicted octanol–water partition coefficient (Wildman–Crippen LogP) is -0.0365. The van der Waals surface area contributed by atoms with Crippen LogP contribution in [-0.4, -0.2) is 30.0 Å². The Kier molecular flexibility index (Phi) is 4.68. The second kappa shape index (κ2) is 6.26. The second-order valence-electron chi connectivity index (χ2n) is 3.24. The van der Waals surface area contributed by atoms with Crippen molar-refractivity contribution in [2.24, 2.45) is 0 Å². The zero-order chi connectivity index (χ0) is 12.7. The maximum absolute atomic E-state index is 10.8. The minimum absolute atomic E-state index is 0.162. The minimum atomic E-state index is -1.11. The van der Waals surface area contributed by atoms with Gasteiger partial charge in [-0.3, -0.25) is 9.59 Å². The number of rotatable bonds is 7. The molecule has 6 nitrogen and oxygen atoms in total. The normalized spacial score (nSPS) is 11.3. The lowest BCUT2D eigenvalue weighted by Gasteiger charge is -2.11. The summed E-state index contributed by atoms with van der Waals surface area (Å²) in [6.45, 7) is 0.309. The Labute approximate surface area is 97.2 Å². The highest BCUT2D eigenvalue weighted by Crippen LogP contribution is 2.12. The van der Waals surface area contributed by atoms with Gasteiger partial charge in [0, 0.05) is 6.42 Å². The van der Waals surface area contributed by atoms with Gasteiger partial charge in [0.2, 0.25) is 6.41 Å². The first-order chi connectivity index (χ1) is 8.17. The van der Waals surface area contributed by atoms with Gasteiger partial charge in [0.05, 0.1) is 0 Å². The molecule has 1 aromatic carbocycles. The number of nitrogens with one attached hydrogen (secondary N) is 1.